The van der Waals surface area contributed by atoms with Gasteiger partial charge in [0, 0.05) is 16.5 Å². The maximum absolute atomic E-state index is 14.6. The normalized spacial score (nSPS) is 10.7. The van der Waals surface area contributed by atoms with E-state index in [-0.39, 0.29) is 21.9 Å². The van der Waals surface area contributed by atoms with Gasteiger partial charge in [0.2, 0.25) is 0 Å². The standard InChI is InChI=1S/C26H16F5NO/c1-2-9-33-18-5-8-24(32-14-18)17-12-21(27)20(22(28)13-17)7-4-15-3-6-19-16(10-15)11-23(29)26(31)25(19)30/h3,5-6,8,10-14H,2,9H2,1H3. The molecular weight excluding hydrogens is 437 g/mol. The number of hydrogen-bond acceptors (Lipinski definition) is 2. The minimum atomic E-state index is -1.57. The van der Waals surface area contributed by atoms with Crippen LogP contribution in [0.25, 0.3) is 22.0 Å². The second-order valence-corrected chi connectivity index (χ2v) is 7.21. The number of halogens is 5. The lowest BCUT2D eigenvalue weighted by molar-refractivity contribution is 0.316. The van der Waals surface area contributed by atoms with Crippen LogP contribution in [0, 0.1) is 40.9 Å². The number of rotatable bonds is 4. The van der Waals surface area contributed by atoms with Gasteiger partial charge in [0.25, 0.3) is 0 Å². The molecule has 2 nitrogen and oxygen atoms in total. The van der Waals surface area contributed by atoms with E-state index in [2.05, 4.69) is 16.8 Å². The monoisotopic (exact) mass is 453 g/mol. The molecule has 1 aromatic heterocycles. The molecule has 0 fully saturated rings. The summed E-state index contributed by atoms with van der Waals surface area (Å²) in [5.74, 6) is -0.437. The molecule has 0 aliphatic heterocycles. The van der Waals surface area contributed by atoms with Crippen molar-refractivity contribution in [3.8, 4) is 28.8 Å². The molecule has 1 heterocycles. The van der Waals surface area contributed by atoms with Gasteiger partial charge < -0.3 is 4.74 Å². The molecule has 3 aromatic carbocycles. The number of ether oxygens (including phenoxy) is 1. The van der Waals surface area contributed by atoms with Crippen molar-refractivity contribution in [2.24, 2.45) is 0 Å². The van der Waals surface area contributed by atoms with Gasteiger partial charge in [-0.2, -0.15) is 0 Å². The third-order valence-electron chi connectivity index (χ3n) is 4.85. The molecule has 0 aliphatic rings. The van der Waals surface area contributed by atoms with E-state index in [0.717, 1.165) is 24.6 Å². The fourth-order valence-electron chi connectivity index (χ4n) is 3.21. The largest absolute Gasteiger partial charge is 0.492 e. The van der Waals surface area contributed by atoms with Gasteiger partial charge in [-0.3, -0.25) is 4.98 Å². The zero-order chi connectivity index (χ0) is 23.5. The Balaban J connectivity index is 1.63. The van der Waals surface area contributed by atoms with E-state index in [0.29, 0.717) is 18.1 Å². The summed E-state index contributed by atoms with van der Waals surface area (Å²) in [5, 5.41) is -0.0493. The topological polar surface area (TPSA) is 22.1 Å². The van der Waals surface area contributed by atoms with Crippen LogP contribution >= 0.6 is 0 Å². The molecule has 0 unspecified atom stereocenters. The quantitative estimate of drug-likeness (QED) is 0.193. The van der Waals surface area contributed by atoms with Crippen molar-refractivity contribution < 1.29 is 26.7 Å². The highest BCUT2D eigenvalue weighted by Crippen LogP contribution is 2.26. The molecule has 0 spiro atoms. The lowest BCUT2D eigenvalue weighted by Gasteiger charge is -2.07. The summed E-state index contributed by atoms with van der Waals surface area (Å²) >= 11 is 0. The molecule has 0 saturated heterocycles. The Hall–Kier alpha value is -3.92. The SMILES string of the molecule is CCCOc1ccc(-c2cc(F)c(C#Cc3ccc4c(F)c(F)c(F)cc4c3)c(F)c2)nc1. The highest BCUT2D eigenvalue weighted by molar-refractivity contribution is 5.84. The molecule has 4 aromatic rings. The summed E-state index contributed by atoms with van der Waals surface area (Å²) in [4.78, 5) is 4.17. The zero-order valence-electron chi connectivity index (χ0n) is 17.4. The average Bonchev–Trinajstić information content (AvgIpc) is 2.81. The van der Waals surface area contributed by atoms with Crippen LogP contribution < -0.4 is 4.74 Å². The van der Waals surface area contributed by atoms with Crippen molar-refractivity contribution >= 4 is 10.8 Å². The molecule has 0 aliphatic carbocycles. The van der Waals surface area contributed by atoms with Crippen LogP contribution in [0.3, 0.4) is 0 Å². The lowest BCUT2D eigenvalue weighted by Crippen LogP contribution is -1.96. The maximum atomic E-state index is 14.6. The highest BCUT2D eigenvalue weighted by atomic mass is 19.2. The molecule has 7 heteroatoms. The number of fused-ring (bicyclic) bond motifs is 1. The summed E-state index contributed by atoms with van der Waals surface area (Å²) in [6.07, 6.45) is 2.32. The van der Waals surface area contributed by atoms with E-state index in [9.17, 15) is 22.0 Å². The zero-order valence-corrected chi connectivity index (χ0v) is 17.4. The summed E-state index contributed by atoms with van der Waals surface area (Å²) in [6.45, 7) is 2.51. The minimum absolute atomic E-state index is 0.0759. The van der Waals surface area contributed by atoms with Crippen molar-refractivity contribution in [2.45, 2.75) is 13.3 Å². The van der Waals surface area contributed by atoms with Crippen molar-refractivity contribution in [1.82, 2.24) is 4.98 Å². The Morgan fingerprint density at radius 1 is 0.818 bits per heavy atom. The van der Waals surface area contributed by atoms with Crippen LogP contribution in [0.4, 0.5) is 22.0 Å². The smallest absolute Gasteiger partial charge is 0.195 e. The summed E-state index contributed by atoms with van der Waals surface area (Å²) in [6, 6.07) is 10.2. The molecule has 0 radical (unpaired) electrons. The molecule has 0 bridgehead atoms. The Bertz CT molecular complexity index is 1380. The van der Waals surface area contributed by atoms with E-state index >= 15 is 0 Å². The predicted molar refractivity (Wildman–Crippen MR) is 115 cm³/mol. The maximum Gasteiger partial charge on any atom is 0.195 e. The number of benzene rings is 3. The number of nitrogens with zero attached hydrogens (tertiary/aromatic N) is 1. The van der Waals surface area contributed by atoms with Crippen molar-refractivity contribution in [3.63, 3.8) is 0 Å². The van der Waals surface area contributed by atoms with Gasteiger partial charge >= 0.3 is 0 Å². The third-order valence-corrected chi connectivity index (χ3v) is 4.85. The van der Waals surface area contributed by atoms with E-state index in [1.807, 2.05) is 6.92 Å². The molecule has 0 N–H and O–H groups in total. The van der Waals surface area contributed by atoms with Crippen molar-refractivity contribution in [3.05, 3.63) is 94.9 Å². The fourth-order valence-corrected chi connectivity index (χ4v) is 3.21. The molecule has 166 valence electrons. The third kappa shape index (κ3) is 4.65. The lowest BCUT2D eigenvalue weighted by atomic mass is 10.0. The Morgan fingerprint density at radius 2 is 1.58 bits per heavy atom. The molecule has 0 atom stereocenters. The number of aromatic nitrogens is 1. The predicted octanol–water partition coefficient (Wildman–Crippen LogP) is 6.79. The van der Waals surface area contributed by atoms with Crippen LogP contribution in [0.1, 0.15) is 24.5 Å². The summed E-state index contributed by atoms with van der Waals surface area (Å²) < 4.78 is 75.4. The van der Waals surface area contributed by atoms with Gasteiger partial charge in [0.1, 0.15) is 17.4 Å². The summed E-state index contributed by atoms with van der Waals surface area (Å²) in [5.41, 5.74) is 0.386. The molecule has 33 heavy (non-hydrogen) atoms. The van der Waals surface area contributed by atoms with Gasteiger partial charge in [0.05, 0.1) is 24.1 Å². The van der Waals surface area contributed by atoms with Gasteiger partial charge in [-0.25, -0.2) is 22.0 Å². The van der Waals surface area contributed by atoms with E-state index in [1.54, 1.807) is 12.1 Å². The molecule has 4 rings (SSSR count). The first-order valence-corrected chi connectivity index (χ1v) is 10.0. The number of hydrogen-bond donors (Lipinski definition) is 0. The van der Waals surface area contributed by atoms with Gasteiger partial charge in [0.15, 0.2) is 17.5 Å². The first-order valence-electron chi connectivity index (χ1n) is 10.0. The Labute approximate surface area is 186 Å². The molecular formula is C26H16F5NO. The van der Waals surface area contributed by atoms with E-state index in [4.69, 9.17) is 4.74 Å². The van der Waals surface area contributed by atoms with Crippen LogP contribution in [0.5, 0.6) is 5.75 Å². The van der Waals surface area contributed by atoms with Crippen LogP contribution in [-0.2, 0) is 0 Å². The first kappa shape index (κ1) is 22.3. The highest BCUT2D eigenvalue weighted by Gasteiger charge is 2.14. The second-order valence-electron chi connectivity index (χ2n) is 7.21. The van der Waals surface area contributed by atoms with Crippen LogP contribution in [-0.4, -0.2) is 11.6 Å². The van der Waals surface area contributed by atoms with Gasteiger partial charge in [-0.15, -0.1) is 0 Å². The first-order chi connectivity index (χ1) is 15.9. The molecule has 0 amide bonds. The average molecular weight is 453 g/mol. The minimum Gasteiger partial charge on any atom is -0.492 e. The van der Waals surface area contributed by atoms with Gasteiger partial charge in [-0.1, -0.05) is 24.8 Å². The van der Waals surface area contributed by atoms with Gasteiger partial charge in [-0.05, 0) is 54.3 Å². The van der Waals surface area contributed by atoms with E-state index < -0.39 is 34.6 Å². The Kier molecular flexibility index (Phi) is 6.27. The second kappa shape index (κ2) is 9.29. The van der Waals surface area contributed by atoms with Crippen LogP contribution in [0.2, 0.25) is 0 Å². The molecule has 0 saturated carbocycles. The fraction of sp³-hybridized carbons (Fsp3) is 0.115. The summed E-state index contributed by atoms with van der Waals surface area (Å²) in [7, 11) is 0. The van der Waals surface area contributed by atoms with Crippen LogP contribution in [0.15, 0.2) is 54.7 Å². The van der Waals surface area contributed by atoms with Crippen molar-refractivity contribution in [2.75, 3.05) is 6.61 Å². The Morgan fingerprint density at radius 3 is 2.24 bits per heavy atom. The van der Waals surface area contributed by atoms with E-state index in [1.165, 1.54) is 24.4 Å². The van der Waals surface area contributed by atoms with Crippen molar-refractivity contribution in [1.29, 1.82) is 0 Å². The number of pyridine rings is 1.